The average Bonchev–Trinajstić information content (AvgIpc) is 3.19. The zero-order valence-corrected chi connectivity index (χ0v) is 10.3. The molecule has 1 heterocycles. The van der Waals surface area contributed by atoms with Crippen LogP contribution in [0.25, 0.3) is 0 Å². The molecule has 1 aliphatic carbocycles. The highest BCUT2D eigenvalue weighted by Crippen LogP contribution is 2.28. The average molecular weight is 248 g/mol. The summed E-state index contributed by atoms with van der Waals surface area (Å²) in [5.74, 6) is -1.21. The molecule has 0 unspecified atom stereocenters. The molecular formula is C13H16N2O3. The smallest absolute Gasteiger partial charge is 0.335 e. The number of amides is 1. The summed E-state index contributed by atoms with van der Waals surface area (Å²) in [6, 6.07) is 3.04. The van der Waals surface area contributed by atoms with E-state index in [0.717, 1.165) is 19.3 Å². The highest BCUT2D eigenvalue weighted by molar-refractivity contribution is 5.96. The van der Waals surface area contributed by atoms with Crippen LogP contribution in [0.15, 0.2) is 18.3 Å². The summed E-state index contributed by atoms with van der Waals surface area (Å²) >= 11 is 0. The standard InChI is InChI=1S/C13H16N2O3/c1-2-7-15(10-3-4-10)12(16)11-8-9(13(17)18)5-6-14-11/h5-6,8,10H,2-4,7H2,1H3,(H,17,18). The van der Waals surface area contributed by atoms with E-state index in [1.54, 1.807) is 4.90 Å². The molecule has 0 bridgehead atoms. The van der Waals surface area contributed by atoms with Gasteiger partial charge in [-0.2, -0.15) is 0 Å². The van der Waals surface area contributed by atoms with Crippen LogP contribution in [0.4, 0.5) is 0 Å². The van der Waals surface area contributed by atoms with Crippen LogP contribution < -0.4 is 0 Å². The Morgan fingerprint density at radius 3 is 2.78 bits per heavy atom. The van der Waals surface area contributed by atoms with Gasteiger partial charge in [0.25, 0.3) is 5.91 Å². The van der Waals surface area contributed by atoms with Crippen molar-refractivity contribution in [1.82, 2.24) is 9.88 Å². The van der Waals surface area contributed by atoms with E-state index in [0.29, 0.717) is 12.6 Å². The molecule has 2 rings (SSSR count). The molecule has 0 radical (unpaired) electrons. The third kappa shape index (κ3) is 2.67. The Labute approximate surface area is 105 Å². The highest BCUT2D eigenvalue weighted by atomic mass is 16.4. The molecule has 0 aromatic carbocycles. The van der Waals surface area contributed by atoms with Gasteiger partial charge in [0, 0.05) is 18.8 Å². The van der Waals surface area contributed by atoms with E-state index in [1.165, 1.54) is 18.3 Å². The zero-order chi connectivity index (χ0) is 13.1. The lowest BCUT2D eigenvalue weighted by Crippen LogP contribution is -2.34. The van der Waals surface area contributed by atoms with Crippen LogP contribution in [-0.4, -0.2) is 39.5 Å². The van der Waals surface area contributed by atoms with Crippen molar-refractivity contribution in [3.05, 3.63) is 29.6 Å². The number of hydrogen-bond donors (Lipinski definition) is 1. The molecule has 1 aromatic heterocycles. The Hall–Kier alpha value is -1.91. The second-order valence-corrected chi connectivity index (χ2v) is 4.46. The summed E-state index contributed by atoms with van der Waals surface area (Å²) in [7, 11) is 0. The zero-order valence-electron chi connectivity index (χ0n) is 10.3. The topological polar surface area (TPSA) is 70.5 Å². The summed E-state index contributed by atoms with van der Waals surface area (Å²) < 4.78 is 0. The lowest BCUT2D eigenvalue weighted by Gasteiger charge is -2.21. The van der Waals surface area contributed by atoms with E-state index >= 15 is 0 Å². The number of carbonyl (C=O) groups excluding carboxylic acids is 1. The van der Waals surface area contributed by atoms with E-state index in [4.69, 9.17) is 5.11 Å². The van der Waals surface area contributed by atoms with Crippen molar-refractivity contribution >= 4 is 11.9 Å². The Kier molecular flexibility index (Phi) is 3.60. The van der Waals surface area contributed by atoms with Crippen LogP contribution >= 0.6 is 0 Å². The number of hydrogen-bond acceptors (Lipinski definition) is 3. The van der Waals surface area contributed by atoms with Crippen molar-refractivity contribution < 1.29 is 14.7 Å². The molecule has 1 saturated carbocycles. The number of aromatic nitrogens is 1. The van der Waals surface area contributed by atoms with Crippen LogP contribution in [0.2, 0.25) is 0 Å². The molecule has 1 aliphatic rings. The maximum absolute atomic E-state index is 12.3. The largest absolute Gasteiger partial charge is 0.478 e. The van der Waals surface area contributed by atoms with Gasteiger partial charge >= 0.3 is 5.97 Å². The number of carboxylic acid groups (broad SMARTS) is 1. The molecule has 0 spiro atoms. The quantitative estimate of drug-likeness (QED) is 0.862. The lowest BCUT2D eigenvalue weighted by molar-refractivity contribution is 0.0696. The first-order valence-electron chi connectivity index (χ1n) is 6.13. The minimum Gasteiger partial charge on any atom is -0.478 e. The fourth-order valence-corrected chi connectivity index (χ4v) is 1.90. The SMILES string of the molecule is CCCN(C(=O)c1cc(C(=O)O)ccn1)C1CC1. The first kappa shape index (κ1) is 12.5. The van der Waals surface area contributed by atoms with Gasteiger partial charge < -0.3 is 10.0 Å². The van der Waals surface area contributed by atoms with Gasteiger partial charge in [0.15, 0.2) is 0 Å². The predicted octanol–water partition coefficient (Wildman–Crippen LogP) is 1.79. The number of pyridine rings is 1. The van der Waals surface area contributed by atoms with Crippen molar-refractivity contribution in [3.8, 4) is 0 Å². The van der Waals surface area contributed by atoms with E-state index in [9.17, 15) is 9.59 Å². The van der Waals surface area contributed by atoms with Gasteiger partial charge in [-0.3, -0.25) is 9.78 Å². The summed E-state index contributed by atoms with van der Waals surface area (Å²) in [5.41, 5.74) is 0.316. The third-order valence-electron chi connectivity index (χ3n) is 2.94. The molecule has 0 aliphatic heterocycles. The van der Waals surface area contributed by atoms with Crippen molar-refractivity contribution in [2.45, 2.75) is 32.2 Å². The number of carbonyl (C=O) groups is 2. The van der Waals surface area contributed by atoms with Crippen molar-refractivity contribution in [1.29, 1.82) is 0 Å². The Morgan fingerprint density at radius 2 is 2.22 bits per heavy atom. The van der Waals surface area contributed by atoms with Gasteiger partial charge in [-0.15, -0.1) is 0 Å². The van der Waals surface area contributed by atoms with Gasteiger partial charge in [0.05, 0.1) is 5.56 Å². The summed E-state index contributed by atoms with van der Waals surface area (Å²) in [4.78, 5) is 28.9. The van der Waals surface area contributed by atoms with Crippen LogP contribution in [0.5, 0.6) is 0 Å². The maximum atomic E-state index is 12.3. The molecular weight excluding hydrogens is 232 g/mol. The normalized spacial score (nSPS) is 14.3. The molecule has 96 valence electrons. The number of rotatable bonds is 5. The summed E-state index contributed by atoms with van der Waals surface area (Å²) in [6.07, 6.45) is 4.32. The summed E-state index contributed by atoms with van der Waals surface area (Å²) in [6.45, 7) is 2.71. The first-order chi connectivity index (χ1) is 8.63. The third-order valence-corrected chi connectivity index (χ3v) is 2.94. The minimum atomic E-state index is -1.04. The van der Waals surface area contributed by atoms with E-state index in [-0.39, 0.29) is 17.2 Å². The van der Waals surface area contributed by atoms with Gasteiger partial charge in [0.1, 0.15) is 5.69 Å². The second-order valence-electron chi connectivity index (χ2n) is 4.46. The van der Waals surface area contributed by atoms with Crippen LogP contribution in [0, 0.1) is 0 Å². The monoisotopic (exact) mass is 248 g/mol. The fraction of sp³-hybridized carbons (Fsp3) is 0.462. The van der Waals surface area contributed by atoms with Crippen LogP contribution in [-0.2, 0) is 0 Å². The van der Waals surface area contributed by atoms with E-state index < -0.39 is 5.97 Å². The molecule has 5 nitrogen and oxygen atoms in total. The van der Waals surface area contributed by atoms with E-state index in [1.807, 2.05) is 6.92 Å². The Morgan fingerprint density at radius 1 is 1.50 bits per heavy atom. The van der Waals surface area contributed by atoms with Crippen molar-refractivity contribution in [3.63, 3.8) is 0 Å². The number of carboxylic acids is 1. The highest BCUT2D eigenvalue weighted by Gasteiger charge is 2.33. The molecule has 1 amide bonds. The first-order valence-corrected chi connectivity index (χ1v) is 6.13. The van der Waals surface area contributed by atoms with Gasteiger partial charge in [-0.1, -0.05) is 6.92 Å². The van der Waals surface area contributed by atoms with Gasteiger partial charge in [0.2, 0.25) is 0 Å². The van der Waals surface area contributed by atoms with Crippen molar-refractivity contribution in [2.75, 3.05) is 6.54 Å². The maximum Gasteiger partial charge on any atom is 0.335 e. The second kappa shape index (κ2) is 5.16. The molecule has 1 N–H and O–H groups in total. The molecule has 1 aromatic rings. The predicted molar refractivity (Wildman–Crippen MR) is 65.5 cm³/mol. The fourth-order valence-electron chi connectivity index (χ4n) is 1.90. The molecule has 1 fully saturated rings. The Bertz CT molecular complexity index is 469. The lowest BCUT2D eigenvalue weighted by atomic mass is 10.2. The number of nitrogens with zero attached hydrogens (tertiary/aromatic N) is 2. The van der Waals surface area contributed by atoms with E-state index in [2.05, 4.69) is 4.98 Å². The molecule has 0 saturated heterocycles. The number of aromatic carboxylic acids is 1. The molecule has 18 heavy (non-hydrogen) atoms. The van der Waals surface area contributed by atoms with Gasteiger partial charge in [-0.05, 0) is 31.4 Å². The molecule has 5 heteroatoms. The Balaban J connectivity index is 2.21. The van der Waals surface area contributed by atoms with Crippen LogP contribution in [0.3, 0.4) is 0 Å². The van der Waals surface area contributed by atoms with Crippen molar-refractivity contribution in [2.24, 2.45) is 0 Å². The molecule has 0 atom stereocenters. The van der Waals surface area contributed by atoms with Crippen LogP contribution in [0.1, 0.15) is 47.0 Å². The van der Waals surface area contributed by atoms with Gasteiger partial charge in [-0.25, -0.2) is 4.79 Å². The summed E-state index contributed by atoms with van der Waals surface area (Å²) in [5, 5.41) is 8.90. The minimum absolute atomic E-state index is 0.0978.